The summed E-state index contributed by atoms with van der Waals surface area (Å²) in [5.41, 5.74) is 3.29. The van der Waals surface area contributed by atoms with E-state index in [2.05, 4.69) is 0 Å². The van der Waals surface area contributed by atoms with Gasteiger partial charge in [0.25, 0.3) is 5.56 Å². The highest BCUT2D eigenvalue weighted by molar-refractivity contribution is 7.99. The summed E-state index contributed by atoms with van der Waals surface area (Å²) in [5.74, 6) is 0.986. The van der Waals surface area contributed by atoms with E-state index in [1.165, 1.54) is 10.4 Å². The number of amides is 1. The molecule has 1 aliphatic carbocycles. The van der Waals surface area contributed by atoms with Crippen molar-refractivity contribution in [2.45, 2.75) is 50.6 Å². The summed E-state index contributed by atoms with van der Waals surface area (Å²) in [5, 5.41) is 1.56. The van der Waals surface area contributed by atoms with Gasteiger partial charge in [0.1, 0.15) is 4.83 Å². The number of hydrogen-bond donors (Lipinski definition) is 0. The molecule has 0 fully saturated rings. The van der Waals surface area contributed by atoms with E-state index < -0.39 is 0 Å². The summed E-state index contributed by atoms with van der Waals surface area (Å²) in [7, 11) is 3.57. The molecule has 0 N–H and O–H groups in total. The first kappa shape index (κ1) is 21.1. The van der Waals surface area contributed by atoms with Gasteiger partial charge in [0.05, 0.1) is 11.1 Å². The second-order valence-electron chi connectivity index (χ2n) is 8.00. The Hall–Kier alpha value is -2.12. The third-order valence-corrected chi connectivity index (χ3v) is 7.73. The molecular formula is C23H27N3O2S2. The Kier molecular flexibility index (Phi) is 6.29. The molecule has 0 radical (unpaired) electrons. The lowest BCUT2D eigenvalue weighted by molar-refractivity contribution is -0.128. The molecule has 4 rings (SSSR count). The number of unbranched alkanes of at least 4 members (excludes halogenated alkanes) is 1. The first-order valence-corrected chi connectivity index (χ1v) is 12.2. The Morgan fingerprint density at radius 1 is 1.20 bits per heavy atom. The van der Waals surface area contributed by atoms with Crippen LogP contribution in [-0.2, 0) is 17.6 Å². The maximum absolute atomic E-state index is 13.6. The molecule has 0 atom stereocenters. The lowest BCUT2D eigenvalue weighted by atomic mass is 10.2. The molecule has 2 aromatic heterocycles. The molecule has 7 heteroatoms. The zero-order chi connectivity index (χ0) is 21.3. The van der Waals surface area contributed by atoms with E-state index >= 15 is 0 Å². The number of thiophene rings is 1. The normalized spacial score (nSPS) is 13.0. The number of carbonyl (C=O) groups excluding carboxylic acids is 1. The van der Waals surface area contributed by atoms with Crippen LogP contribution in [0.3, 0.4) is 0 Å². The summed E-state index contributed by atoms with van der Waals surface area (Å²) in [6.45, 7) is 2.05. The Bertz CT molecular complexity index is 1130. The molecule has 0 spiro atoms. The van der Waals surface area contributed by atoms with Crippen LogP contribution in [0.25, 0.3) is 15.9 Å². The van der Waals surface area contributed by atoms with Crippen LogP contribution in [0.2, 0.25) is 0 Å². The van der Waals surface area contributed by atoms with Gasteiger partial charge in [0.2, 0.25) is 5.91 Å². The van der Waals surface area contributed by atoms with Crippen molar-refractivity contribution in [3.05, 3.63) is 50.6 Å². The highest BCUT2D eigenvalue weighted by Gasteiger charge is 2.23. The summed E-state index contributed by atoms with van der Waals surface area (Å²) in [4.78, 5) is 34.1. The van der Waals surface area contributed by atoms with Crippen LogP contribution in [0.4, 0.5) is 0 Å². The van der Waals surface area contributed by atoms with E-state index in [1.807, 2.05) is 31.2 Å². The average molecular weight is 442 g/mol. The number of thioether (sulfide) groups is 1. The molecule has 0 unspecified atom stereocenters. The van der Waals surface area contributed by atoms with Crippen molar-refractivity contribution >= 4 is 39.2 Å². The largest absolute Gasteiger partial charge is 0.349 e. The second-order valence-corrected chi connectivity index (χ2v) is 10.1. The van der Waals surface area contributed by atoms with Gasteiger partial charge in [-0.25, -0.2) is 4.98 Å². The van der Waals surface area contributed by atoms with Crippen LogP contribution < -0.4 is 5.56 Å². The predicted molar refractivity (Wildman–Crippen MR) is 125 cm³/mol. The van der Waals surface area contributed by atoms with Crippen molar-refractivity contribution < 1.29 is 4.79 Å². The lowest BCUT2D eigenvalue weighted by Gasteiger charge is -2.13. The fourth-order valence-electron chi connectivity index (χ4n) is 3.81. The first-order valence-electron chi connectivity index (χ1n) is 10.4. The van der Waals surface area contributed by atoms with E-state index in [0.29, 0.717) is 6.42 Å². The molecule has 2 heterocycles. The maximum atomic E-state index is 13.6. The number of hydrogen-bond acceptors (Lipinski definition) is 5. The minimum Gasteiger partial charge on any atom is -0.349 e. The van der Waals surface area contributed by atoms with Gasteiger partial charge in [-0.3, -0.25) is 14.2 Å². The average Bonchev–Trinajstić information content (AvgIpc) is 3.29. The van der Waals surface area contributed by atoms with Gasteiger partial charge in [0.15, 0.2) is 5.16 Å². The van der Waals surface area contributed by atoms with Crippen molar-refractivity contribution in [3.8, 4) is 5.69 Å². The van der Waals surface area contributed by atoms with Crippen LogP contribution in [0.5, 0.6) is 0 Å². The van der Waals surface area contributed by atoms with Crippen molar-refractivity contribution in [2.24, 2.45) is 0 Å². The summed E-state index contributed by atoms with van der Waals surface area (Å²) in [6.07, 6.45) is 5.47. The number of aromatic nitrogens is 2. The topological polar surface area (TPSA) is 55.2 Å². The Labute approximate surface area is 185 Å². The number of fused-ring (bicyclic) bond motifs is 3. The molecule has 1 amide bonds. The maximum Gasteiger partial charge on any atom is 0.267 e. The van der Waals surface area contributed by atoms with Gasteiger partial charge in [-0.1, -0.05) is 29.5 Å². The minimum atomic E-state index is 0.0496. The van der Waals surface area contributed by atoms with E-state index in [-0.39, 0.29) is 11.5 Å². The Morgan fingerprint density at radius 2 is 1.97 bits per heavy atom. The number of carbonyl (C=O) groups is 1. The molecule has 1 aliphatic rings. The highest BCUT2D eigenvalue weighted by atomic mass is 32.2. The third-order valence-electron chi connectivity index (χ3n) is 5.52. The minimum absolute atomic E-state index is 0.0496. The van der Waals surface area contributed by atoms with Crippen molar-refractivity contribution in [2.75, 3.05) is 19.8 Å². The number of nitrogens with zero attached hydrogens (tertiary/aromatic N) is 3. The fraction of sp³-hybridized carbons (Fsp3) is 0.435. The molecule has 5 nitrogen and oxygen atoms in total. The molecule has 30 heavy (non-hydrogen) atoms. The predicted octanol–water partition coefficient (Wildman–Crippen LogP) is 4.59. The molecule has 0 saturated carbocycles. The number of rotatable bonds is 7. The fourth-order valence-corrected chi connectivity index (χ4v) is 6.12. The van der Waals surface area contributed by atoms with Gasteiger partial charge in [0, 0.05) is 31.1 Å². The molecule has 3 aromatic rings. The van der Waals surface area contributed by atoms with Crippen LogP contribution in [0.15, 0.2) is 34.2 Å². The van der Waals surface area contributed by atoms with E-state index in [4.69, 9.17) is 4.98 Å². The standard InChI is InChI=1S/C23H27N3O2S2/c1-15-10-12-16(13-11-15)26-22(28)20-17-7-6-8-18(17)30-21(20)24-23(26)29-14-5-4-9-19(27)25(2)3/h10-13H,4-9,14H2,1-3H3. The number of aryl methyl sites for hydroxylation is 3. The van der Waals surface area contributed by atoms with E-state index in [9.17, 15) is 9.59 Å². The smallest absolute Gasteiger partial charge is 0.267 e. The summed E-state index contributed by atoms with van der Waals surface area (Å²) < 4.78 is 1.78. The number of benzene rings is 1. The molecule has 158 valence electrons. The first-order chi connectivity index (χ1) is 14.5. The van der Waals surface area contributed by atoms with E-state index in [0.717, 1.165) is 64.5 Å². The molecule has 0 bridgehead atoms. The van der Waals surface area contributed by atoms with Crippen LogP contribution >= 0.6 is 23.1 Å². The van der Waals surface area contributed by atoms with Gasteiger partial charge in [-0.05, 0) is 56.7 Å². The van der Waals surface area contributed by atoms with Crippen molar-refractivity contribution in [3.63, 3.8) is 0 Å². The van der Waals surface area contributed by atoms with Crippen LogP contribution in [0, 0.1) is 6.92 Å². The van der Waals surface area contributed by atoms with Gasteiger partial charge < -0.3 is 4.90 Å². The SMILES string of the molecule is Cc1ccc(-n2c(SCCCCC(=O)N(C)C)nc3sc4c(c3c2=O)CCC4)cc1. The highest BCUT2D eigenvalue weighted by Crippen LogP contribution is 2.36. The summed E-state index contributed by atoms with van der Waals surface area (Å²) >= 11 is 3.29. The molecular weight excluding hydrogens is 414 g/mol. The van der Waals surface area contributed by atoms with Gasteiger partial charge in [-0.15, -0.1) is 11.3 Å². The third kappa shape index (κ3) is 4.18. The zero-order valence-corrected chi connectivity index (χ0v) is 19.4. The van der Waals surface area contributed by atoms with Crippen molar-refractivity contribution in [1.82, 2.24) is 14.5 Å². The van der Waals surface area contributed by atoms with Gasteiger partial charge in [-0.2, -0.15) is 0 Å². The van der Waals surface area contributed by atoms with Crippen LogP contribution in [-0.4, -0.2) is 40.2 Å². The molecule has 0 aliphatic heterocycles. The Morgan fingerprint density at radius 3 is 2.70 bits per heavy atom. The molecule has 0 saturated heterocycles. The lowest BCUT2D eigenvalue weighted by Crippen LogP contribution is -2.22. The van der Waals surface area contributed by atoms with Crippen molar-refractivity contribution in [1.29, 1.82) is 0 Å². The quantitative estimate of drug-likeness (QED) is 0.306. The summed E-state index contributed by atoms with van der Waals surface area (Å²) in [6, 6.07) is 8.06. The monoisotopic (exact) mass is 441 g/mol. The zero-order valence-electron chi connectivity index (χ0n) is 17.7. The van der Waals surface area contributed by atoms with Crippen LogP contribution in [0.1, 0.15) is 41.7 Å². The molecule has 1 aromatic carbocycles. The van der Waals surface area contributed by atoms with Gasteiger partial charge >= 0.3 is 0 Å². The van der Waals surface area contributed by atoms with E-state index in [1.54, 1.807) is 46.7 Å². The second kappa shape index (κ2) is 8.94. The Balaban J connectivity index is 1.64.